The second kappa shape index (κ2) is 4.97. The van der Waals surface area contributed by atoms with E-state index >= 15 is 0 Å². The van der Waals surface area contributed by atoms with Gasteiger partial charge in [-0.3, -0.25) is 4.79 Å². The monoisotopic (exact) mass is 335 g/mol. The van der Waals surface area contributed by atoms with Gasteiger partial charge < -0.3 is 5.32 Å². The van der Waals surface area contributed by atoms with E-state index in [4.69, 9.17) is 0 Å². The Morgan fingerprint density at radius 1 is 1.40 bits per heavy atom. The molecule has 104 valence electrons. The molecule has 6 nitrogen and oxygen atoms in total. The number of benzene rings is 1. The van der Waals surface area contributed by atoms with Crippen molar-refractivity contribution < 1.29 is 4.79 Å². The maximum Gasteiger partial charge on any atom is 0.231 e. The molecule has 1 aliphatic carbocycles. The predicted octanol–water partition coefficient (Wildman–Crippen LogP) is 1.87. The second-order valence-electron chi connectivity index (χ2n) is 5.05. The lowest BCUT2D eigenvalue weighted by Gasteiger charge is -2.18. The Labute approximate surface area is 124 Å². The zero-order chi connectivity index (χ0) is 14.2. The molecular weight excluding hydrogens is 322 g/mol. The van der Waals surface area contributed by atoms with Gasteiger partial charge in [0.25, 0.3) is 0 Å². The number of halogens is 1. The molecule has 0 spiro atoms. The highest BCUT2D eigenvalue weighted by molar-refractivity contribution is 9.10. The topological polar surface area (TPSA) is 83.6 Å². The number of aromatic nitrogens is 4. The lowest BCUT2D eigenvalue weighted by atomic mass is 9.95. The zero-order valence-electron chi connectivity index (χ0n) is 10.9. The van der Waals surface area contributed by atoms with Crippen molar-refractivity contribution in [3.63, 3.8) is 0 Å². The maximum atomic E-state index is 12.5. The molecular formula is C13H14BrN5O. The first-order valence-electron chi connectivity index (χ1n) is 6.42. The van der Waals surface area contributed by atoms with Crippen LogP contribution < -0.4 is 5.32 Å². The van der Waals surface area contributed by atoms with Gasteiger partial charge in [0.15, 0.2) is 5.82 Å². The highest BCUT2D eigenvalue weighted by Crippen LogP contribution is 2.48. The molecule has 1 unspecified atom stereocenters. The quantitative estimate of drug-likeness (QED) is 0.893. The summed E-state index contributed by atoms with van der Waals surface area (Å²) >= 11 is 3.41. The van der Waals surface area contributed by atoms with Gasteiger partial charge in [0, 0.05) is 4.47 Å². The summed E-state index contributed by atoms with van der Waals surface area (Å²) in [4.78, 5) is 12.5. The molecule has 20 heavy (non-hydrogen) atoms. The van der Waals surface area contributed by atoms with Gasteiger partial charge in [-0.05, 0) is 37.5 Å². The largest absolute Gasteiger partial charge is 0.345 e. The normalized spacial score (nSPS) is 17.5. The number of aromatic amines is 1. The Balaban J connectivity index is 1.75. The lowest BCUT2D eigenvalue weighted by Crippen LogP contribution is -2.36. The molecule has 1 heterocycles. The van der Waals surface area contributed by atoms with Crippen molar-refractivity contribution >= 4 is 21.8 Å². The number of amides is 1. The third-order valence-electron chi connectivity index (χ3n) is 3.68. The van der Waals surface area contributed by atoms with Crippen molar-refractivity contribution in [2.24, 2.45) is 0 Å². The third kappa shape index (κ3) is 2.33. The van der Waals surface area contributed by atoms with Gasteiger partial charge in [-0.2, -0.15) is 5.21 Å². The molecule has 1 saturated carbocycles. The van der Waals surface area contributed by atoms with E-state index in [0.717, 1.165) is 22.9 Å². The first-order valence-corrected chi connectivity index (χ1v) is 7.21. The Morgan fingerprint density at radius 3 is 2.65 bits per heavy atom. The molecule has 0 radical (unpaired) electrons. The van der Waals surface area contributed by atoms with Crippen molar-refractivity contribution in [3.05, 3.63) is 40.1 Å². The minimum atomic E-state index is -0.390. The number of hydrogen-bond donors (Lipinski definition) is 2. The summed E-state index contributed by atoms with van der Waals surface area (Å²) in [5, 5.41) is 16.6. The SMILES string of the molecule is CC(NC(=O)C1(c2ccc(Br)cc2)CC1)c1nn[nH]n1. The van der Waals surface area contributed by atoms with E-state index < -0.39 is 5.41 Å². The Kier molecular flexibility index (Phi) is 3.29. The number of nitrogens with zero attached hydrogens (tertiary/aromatic N) is 3. The number of carbonyl (C=O) groups excluding carboxylic acids is 1. The van der Waals surface area contributed by atoms with E-state index in [1.54, 1.807) is 0 Å². The van der Waals surface area contributed by atoms with Crippen molar-refractivity contribution in [1.82, 2.24) is 25.9 Å². The van der Waals surface area contributed by atoms with Crippen LogP contribution in [0.25, 0.3) is 0 Å². The van der Waals surface area contributed by atoms with Crippen LogP contribution in [-0.4, -0.2) is 26.5 Å². The summed E-state index contributed by atoms with van der Waals surface area (Å²) in [6.45, 7) is 1.85. The molecule has 1 atom stereocenters. The molecule has 0 saturated heterocycles. The van der Waals surface area contributed by atoms with E-state index in [9.17, 15) is 4.79 Å². The summed E-state index contributed by atoms with van der Waals surface area (Å²) in [5.74, 6) is 0.516. The van der Waals surface area contributed by atoms with Crippen LogP contribution in [0.5, 0.6) is 0 Å². The fourth-order valence-electron chi connectivity index (χ4n) is 2.29. The summed E-state index contributed by atoms with van der Waals surface area (Å²) < 4.78 is 1.01. The van der Waals surface area contributed by atoms with Gasteiger partial charge in [-0.15, -0.1) is 10.2 Å². The molecule has 1 aliphatic rings. The zero-order valence-corrected chi connectivity index (χ0v) is 12.5. The molecule has 1 amide bonds. The minimum absolute atomic E-state index is 0.0251. The first kappa shape index (κ1) is 13.2. The van der Waals surface area contributed by atoms with Gasteiger partial charge >= 0.3 is 0 Å². The minimum Gasteiger partial charge on any atom is -0.345 e. The Morgan fingerprint density at radius 2 is 2.10 bits per heavy atom. The Bertz CT molecular complexity index is 606. The molecule has 1 fully saturated rings. The number of carbonyl (C=O) groups is 1. The molecule has 7 heteroatoms. The van der Waals surface area contributed by atoms with Crippen LogP contribution in [0.4, 0.5) is 0 Å². The van der Waals surface area contributed by atoms with Crippen molar-refractivity contribution in [2.45, 2.75) is 31.2 Å². The maximum absolute atomic E-state index is 12.5. The highest BCUT2D eigenvalue weighted by atomic mass is 79.9. The summed E-state index contributed by atoms with van der Waals surface area (Å²) in [6, 6.07) is 7.66. The van der Waals surface area contributed by atoms with Gasteiger partial charge in [-0.25, -0.2) is 0 Å². The number of hydrogen-bond acceptors (Lipinski definition) is 4. The van der Waals surface area contributed by atoms with Gasteiger partial charge in [-0.1, -0.05) is 33.3 Å². The molecule has 2 aromatic rings. The van der Waals surface area contributed by atoms with Gasteiger partial charge in [0.1, 0.15) is 0 Å². The van der Waals surface area contributed by atoms with Crippen molar-refractivity contribution in [2.75, 3.05) is 0 Å². The summed E-state index contributed by atoms with van der Waals surface area (Å²) in [5.41, 5.74) is 0.664. The average Bonchev–Trinajstić information content (AvgIpc) is 3.06. The predicted molar refractivity (Wildman–Crippen MR) is 75.8 cm³/mol. The summed E-state index contributed by atoms with van der Waals surface area (Å²) in [7, 11) is 0. The van der Waals surface area contributed by atoms with Crippen LogP contribution in [0.2, 0.25) is 0 Å². The van der Waals surface area contributed by atoms with Crippen molar-refractivity contribution in [3.8, 4) is 0 Å². The number of H-pyrrole nitrogens is 1. The molecule has 1 aromatic heterocycles. The first-order chi connectivity index (χ1) is 9.62. The summed E-state index contributed by atoms with van der Waals surface area (Å²) in [6.07, 6.45) is 1.75. The van der Waals surface area contributed by atoms with Crippen LogP contribution in [0.15, 0.2) is 28.7 Å². The molecule has 0 bridgehead atoms. The molecule has 0 aliphatic heterocycles. The molecule has 3 rings (SSSR count). The standard InChI is InChI=1S/C13H14BrN5O/c1-8(11-16-18-19-17-11)15-12(20)13(6-7-13)9-2-4-10(14)5-3-9/h2-5,8H,6-7H2,1H3,(H,15,20)(H,16,17,18,19). The fourth-order valence-corrected chi connectivity index (χ4v) is 2.56. The van der Waals surface area contributed by atoms with E-state index in [-0.39, 0.29) is 11.9 Å². The molecule has 1 aromatic carbocycles. The number of tetrazole rings is 1. The van der Waals surface area contributed by atoms with Crippen LogP contribution in [0, 0.1) is 0 Å². The van der Waals surface area contributed by atoms with Crippen LogP contribution in [0.3, 0.4) is 0 Å². The van der Waals surface area contributed by atoms with E-state index in [1.807, 2.05) is 31.2 Å². The van der Waals surface area contributed by atoms with Crippen LogP contribution in [0.1, 0.15) is 37.2 Å². The smallest absolute Gasteiger partial charge is 0.231 e. The van der Waals surface area contributed by atoms with Gasteiger partial charge in [0.2, 0.25) is 5.91 Å². The van der Waals surface area contributed by atoms with E-state index in [0.29, 0.717) is 5.82 Å². The van der Waals surface area contributed by atoms with Crippen LogP contribution >= 0.6 is 15.9 Å². The average molecular weight is 336 g/mol. The van der Waals surface area contributed by atoms with Gasteiger partial charge in [0.05, 0.1) is 11.5 Å². The Hall–Kier alpha value is -1.76. The third-order valence-corrected chi connectivity index (χ3v) is 4.21. The second-order valence-corrected chi connectivity index (χ2v) is 5.97. The van der Waals surface area contributed by atoms with E-state index in [2.05, 4.69) is 41.9 Å². The number of rotatable bonds is 4. The highest BCUT2D eigenvalue weighted by Gasteiger charge is 2.51. The number of nitrogens with one attached hydrogen (secondary N) is 2. The lowest BCUT2D eigenvalue weighted by molar-refractivity contribution is -0.124. The van der Waals surface area contributed by atoms with Crippen LogP contribution in [-0.2, 0) is 10.2 Å². The fraction of sp³-hybridized carbons (Fsp3) is 0.385. The van der Waals surface area contributed by atoms with E-state index in [1.165, 1.54) is 0 Å². The van der Waals surface area contributed by atoms with Crippen molar-refractivity contribution in [1.29, 1.82) is 0 Å². The molecule has 2 N–H and O–H groups in total.